The molecule has 2 aromatic carbocycles. The van der Waals surface area contributed by atoms with Gasteiger partial charge in [0.05, 0.1) is 8.41 Å². The summed E-state index contributed by atoms with van der Waals surface area (Å²) in [6.07, 6.45) is 1.81. The van der Waals surface area contributed by atoms with Crippen LogP contribution in [0.2, 0.25) is 5.02 Å². The summed E-state index contributed by atoms with van der Waals surface area (Å²) in [6, 6.07) is 12.4. The highest BCUT2D eigenvalue weighted by molar-refractivity contribution is 9.28. The van der Waals surface area contributed by atoms with Gasteiger partial charge >= 0.3 is 5.97 Å². The molecule has 2 aromatic rings. The Morgan fingerprint density at radius 2 is 1.96 bits per heavy atom. The first-order chi connectivity index (χ1) is 12.9. The van der Waals surface area contributed by atoms with Crippen LogP contribution in [0.5, 0.6) is 5.75 Å². The second-order valence-corrected chi connectivity index (χ2v) is 8.35. The van der Waals surface area contributed by atoms with Crippen molar-refractivity contribution in [2.45, 2.75) is 13.5 Å². The zero-order valence-corrected chi connectivity index (χ0v) is 18.2. The molecular formula is C19H16Br2ClNO4. The van der Waals surface area contributed by atoms with Crippen LogP contribution in [0.3, 0.4) is 0 Å². The molecule has 0 bridgehead atoms. The van der Waals surface area contributed by atoms with Gasteiger partial charge in [0.15, 0.2) is 5.71 Å². The molecule has 0 aliphatic carbocycles. The van der Waals surface area contributed by atoms with Crippen molar-refractivity contribution in [3.05, 3.63) is 67.6 Å². The van der Waals surface area contributed by atoms with Crippen LogP contribution in [0.15, 0.2) is 51.0 Å². The minimum absolute atomic E-state index is 0.122. The molecule has 8 heteroatoms. The van der Waals surface area contributed by atoms with E-state index < -0.39 is 5.97 Å². The fraction of sp³-hybridized carbons (Fsp3) is 0.158. The maximum Gasteiger partial charge on any atom is 0.358 e. The molecule has 0 fully saturated rings. The number of hydrogen-bond donors (Lipinski definition) is 1. The number of nitrogens with zero attached hydrogens (tertiary/aromatic N) is 1. The number of carboxylic acid groups (broad SMARTS) is 1. The number of halogens is 3. The van der Waals surface area contributed by atoms with Crippen molar-refractivity contribution >= 4 is 61.2 Å². The maximum absolute atomic E-state index is 11.5. The lowest BCUT2D eigenvalue weighted by Gasteiger charge is -2.13. The predicted molar refractivity (Wildman–Crippen MR) is 114 cm³/mol. The summed E-state index contributed by atoms with van der Waals surface area (Å²) in [5.41, 5.74) is 1.67. The van der Waals surface area contributed by atoms with E-state index in [1.165, 1.54) is 0 Å². The minimum atomic E-state index is -1.18. The van der Waals surface area contributed by atoms with Gasteiger partial charge in [0.1, 0.15) is 19.0 Å². The molecule has 0 atom stereocenters. The summed E-state index contributed by atoms with van der Waals surface area (Å²) in [6.45, 7) is 2.12. The van der Waals surface area contributed by atoms with E-state index in [0.29, 0.717) is 21.9 Å². The van der Waals surface area contributed by atoms with Crippen LogP contribution in [0.1, 0.15) is 23.6 Å². The van der Waals surface area contributed by atoms with Crippen molar-refractivity contribution in [1.82, 2.24) is 0 Å². The first-order valence-corrected chi connectivity index (χ1v) is 9.86. The standard InChI is InChI=1S/C19H16Br2ClNO4/c1-2-27-23-18(19(24)25)14-8-4-3-6-13(14)11-26-15-9-5-7-12(17(15)22)10-16(20)21/h3-10H,2,11H2,1H3,(H,24,25). The molecule has 0 aliphatic rings. The van der Waals surface area contributed by atoms with Gasteiger partial charge in [-0.3, -0.25) is 0 Å². The number of benzene rings is 2. The summed E-state index contributed by atoms with van der Waals surface area (Å²) in [4.78, 5) is 16.5. The summed E-state index contributed by atoms with van der Waals surface area (Å²) in [5.74, 6) is -0.691. The molecule has 0 amide bonds. The Balaban J connectivity index is 2.30. The fourth-order valence-electron chi connectivity index (χ4n) is 2.23. The van der Waals surface area contributed by atoms with Crippen LogP contribution in [0.4, 0.5) is 0 Å². The monoisotopic (exact) mass is 515 g/mol. The zero-order valence-electron chi connectivity index (χ0n) is 14.3. The summed E-state index contributed by atoms with van der Waals surface area (Å²) < 4.78 is 6.59. The number of hydrogen-bond acceptors (Lipinski definition) is 4. The molecule has 0 spiro atoms. The van der Waals surface area contributed by atoms with E-state index in [-0.39, 0.29) is 18.9 Å². The van der Waals surface area contributed by atoms with Crippen LogP contribution in [0, 0.1) is 0 Å². The Kier molecular flexibility index (Phi) is 8.34. The van der Waals surface area contributed by atoms with E-state index in [1.54, 1.807) is 43.3 Å². The van der Waals surface area contributed by atoms with Gasteiger partial charge in [-0.1, -0.05) is 53.2 Å². The molecule has 0 saturated heterocycles. The smallest absolute Gasteiger partial charge is 0.358 e. The average molecular weight is 518 g/mol. The van der Waals surface area contributed by atoms with Gasteiger partial charge in [-0.2, -0.15) is 0 Å². The Morgan fingerprint density at radius 3 is 2.63 bits per heavy atom. The number of carboxylic acids is 1. The molecular weight excluding hydrogens is 501 g/mol. The normalized spacial score (nSPS) is 11.0. The van der Waals surface area contributed by atoms with E-state index in [0.717, 1.165) is 8.96 Å². The highest BCUT2D eigenvalue weighted by Crippen LogP contribution is 2.32. The maximum atomic E-state index is 11.5. The van der Waals surface area contributed by atoms with Crippen molar-refractivity contribution in [3.8, 4) is 5.75 Å². The van der Waals surface area contributed by atoms with E-state index in [4.69, 9.17) is 21.2 Å². The van der Waals surface area contributed by atoms with Crippen LogP contribution >= 0.6 is 43.5 Å². The molecule has 27 heavy (non-hydrogen) atoms. The van der Waals surface area contributed by atoms with Gasteiger partial charge in [0, 0.05) is 5.56 Å². The number of aliphatic carboxylic acids is 1. The lowest BCUT2D eigenvalue weighted by Crippen LogP contribution is -2.18. The fourth-order valence-corrected chi connectivity index (χ4v) is 2.96. The summed E-state index contributed by atoms with van der Waals surface area (Å²) in [5, 5.41) is 13.6. The Hall–Kier alpha value is -1.83. The minimum Gasteiger partial charge on any atom is -0.487 e. The van der Waals surface area contributed by atoms with Gasteiger partial charge in [-0.25, -0.2) is 4.79 Å². The molecule has 0 heterocycles. The molecule has 2 rings (SSSR count). The molecule has 0 aromatic heterocycles. The van der Waals surface area contributed by atoms with Crippen LogP contribution < -0.4 is 4.74 Å². The van der Waals surface area contributed by atoms with E-state index in [1.807, 2.05) is 12.1 Å². The van der Waals surface area contributed by atoms with Crippen molar-refractivity contribution in [3.63, 3.8) is 0 Å². The third-order valence-corrected chi connectivity index (χ3v) is 4.26. The van der Waals surface area contributed by atoms with Crippen molar-refractivity contribution in [2.75, 3.05) is 6.61 Å². The first kappa shape index (κ1) is 21.5. The van der Waals surface area contributed by atoms with E-state index >= 15 is 0 Å². The van der Waals surface area contributed by atoms with E-state index in [2.05, 4.69) is 37.0 Å². The molecule has 5 nitrogen and oxygen atoms in total. The molecule has 0 aliphatic heterocycles. The average Bonchev–Trinajstić information content (AvgIpc) is 2.63. The third kappa shape index (κ3) is 6.09. The molecule has 0 saturated carbocycles. The summed E-state index contributed by atoms with van der Waals surface area (Å²) in [7, 11) is 0. The van der Waals surface area contributed by atoms with Crippen molar-refractivity contribution < 1.29 is 19.5 Å². The molecule has 0 radical (unpaired) electrons. The highest BCUT2D eigenvalue weighted by Gasteiger charge is 2.18. The van der Waals surface area contributed by atoms with Gasteiger partial charge in [0.25, 0.3) is 0 Å². The SMILES string of the molecule is CCON=C(C(=O)O)c1ccccc1COc1cccc(C=C(Br)Br)c1Cl. The lowest BCUT2D eigenvalue weighted by atomic mass is 10.0. The Morgan fingerprint density at radius 1 is 1.22 bits per heavy atom. The molecule has 1 N–H and O–H groups in total. The van der Waals surface area contributed by atoms with Crippen LogP contribution in [0.25, 0.3) is 6.08 Å². The number of carbonyl (C=O) groups is 1. The van der Waals surface area contributed by atoms with Crippen molar-refractivity contribution in [1.29, 1.82) is 0 Å². The summed E-state index contributed by atoms with van der Waals surface area (Å²) >= 11 is 13.0. The quantitative estimate of drug-likeness (QED) is 0.353. The topological polar surface area (TPSA) is 68.1 Å². The van der Waals surface area contributed by atoms with E-state index in [9.17, 15) is 9.90 Å². The Bertz CT molecular complexity index is 880. The largest absolute Gasteiger partial charge is 0.487 e. The number of ether oxygens (including phenoxy) is 1. The Labute approximate surface area is 178 Å². The molecule has 142 valence electrons. The van der Waals surface area contributed by atoms with Gasteiger partial charge in [0.2, 0.25) is 0 Å². The second kappa shape index (κ2) is 10.5. The molecule has 0 unspecified atom stereocenters. The van der Waals surface area contributed by atoms with Crippen molar-refractivity contribution in [2.24, 2.45) is 5.16 Å². The predicted octanol–water partition coefficient (Wildman–Crippen LogP) is 5.83. The first-order valence-electron chi connectivity index (χ1n) is 7.89. The van der Waals surface area contributed by atoms with Crippen LogP contribution in [-0.2, 0) is 16.2 Å². The number of oxime groups is 1. The van der Waals surface area contributed by atoms with Gasteiger partial charge in [-0.05, 0) is 62.1 Å². The second-order valence-electron chi connectivity index (χ2n) is 5.20. The van der Waals surface area contributed by atoms with Gasteiger partial charge < -0.3 is 14.7 Å². The van der Waals surface area contributed by atoms with Crippen LogP contribution in [-0.4, -0.2) is 23.4 Å². The zero-order chi connectivity index (χ0) is 19.8. The highest BCUT2D eigenvalue weighted by atomic mass is 79.9. The lowest BCUT2D eigenvalue weighted by molar-refractivity contribution is -0.129. The number of rotatable bonds is 8. The third-order valence-electron chi connectivity index (χ3n) is 3.40. The van der Waals surface area contributed by atoms with Gasteiger partial charge in [-0.15, -0.1) is 0 Å².